The number of carbonyl (C=O) groups is 1. The van der Waals surface area contributed by atoms with Crippen molar-refractivity contribution in [3.05, 3.63) is 88.7 Å². The maximum absolute atomic E-state index is 12.9. The third-order valence-corrected chi connectivity index (χ3v) is 4.73. The Labute approximate surface area is 154 Å². The van der Waals surface area contributed by atoms with Crippen LogP contribution in [-0.2, 0) is 11.3 Å². The number of aromatic nitrogens is 2. The normalized spacial score (nSPS) is 12.0. The molecular weight excluding hydrogens is 322 g/mol. The number of nitrogens with zero attached hydrogens (tertiary/aromatic N) is 2. The molecule has 2 aromatic carbocycles. The summed E-state index contributed by atoms with van der Waals surface area (Å²) in [6, 6.07) is 20.5. The van der Waals surface area contributed by atoms with Gasteiger partial charge < -0.3 is 4.90 Å². The van der Waals surface area contributed by atoms with E-state index in [1.807, 2.05) is 50.4 Å². The van der Waals surface area contributed by atoms with Crippen molar-refractivity contribution in [1.29, 1.82) is 0 Å². The van der Waals surface area contributed by atoms with Gasteiger partial charge in [0, 0.05) is 25.1 Å². The van der Waals surface area contributed by atoms with E-state index < -0.39 is 0 Å². The third kappa shape index (κ3) is 4.20. The van der Waals surface area contributed by atoms with Crippen molar-refractivity contribution in [1.82, 2.24) is 15.1 Å². The SMILES string of the molecule is Cc1cc(CN(C)C(=O)CC(c2ccccc2)c2ccccc2C)n[nH]1. The number of benzene rings is 2. The zero-order chi connectivity index (χ0) is 18.5. The van der Waals surface area contributed by atoms with Gasteiger partial charge in [0.05, 0.1) is 12.2 Å². The minimum atomic E-state index is 0.0493. The largest absolute Gasteiger partial charge is 0.340 e. The minimum absolute atomic E-state index is 0.0493. The molecule has 1 unspecified atom stereocenters. The molecule has 1 aromatic heterocycles. The average Bonchev–Trinajstić information content (AvgIpc) is 3.05. The molecule has 0 aliphatic heterocycles. The Hall–Kier alpha value is -2.88. The summed E-state index contributed by atoms with van der Waals surface area (Å²) in [6.45, 7) is 4.58. The van der Waals surface area contributed by atoms with Crippen LogP contribution < -0.4 is 0 Å². The van der Waals surface area contributed by atoms with Crippen LogP contribution in [0.15, 0.2) is 60.7 Å². The molecule has 134 valence electrons. The molecule has 3 aromatic rings. The number of nitrogens with one attached hydrogen (secondary N) is 1. The lowest BCUT2D eigenvalue weighted by Gasteiger charge is -2.23. The minimum Gasteiger partial charge on any atom is -0.340 e. The Morgan fingerprint density at radius 3 is 2.42 bits per heavy atom. The highest BCUT2D eigenvalue weighted by Crippen LogP contribution is 2.30. The van der Waals surface area contributed by atoms with E-state index >= 15 is 0 Å². The van der Waals surface area contributed by atoms with Gasteiger partial charge >= 0.3 is 0 Å². The van der Waals surface area contributed by atoms with Gasteiger partial charge in [-0.25, -0.2) is 0 Å². The molecule has 0 aliphatic carbocycles. The molecule has 1 heterocycles. The zero-order valence-corrected chi connectivity index (χ0v) is 15.6. The van der Waals surface area contributed by atoms with Gasteiger partial charge in [-0.1, -0.05) is 54.6 Å². The number of rotatable bonds is 6. The monoisotopic (exact) mass is 347 g/mol. The van der Waals surface area contributed by atoms with Gasteiger partial charge in [0.2, 0.25) is 5.91 Å². The lowest BCUT2D eigenvalue weighted by molar-refractivity contribution is -0.130. The first-order valence-electron chi connectivity index (χ1n) is 8.90. The van der Waals surface area contributed by atoms with Gasteiger partial charge in [0.25, 0.3) is 0 Å². The Bertz CT molecular complexity index is 870. The lowest BCUT2D eigenvalue weighted by atomic mass is 9.85. The fourth-order valence-electron chi connectivity index (χ4n) is 3.29. The second-order valence-corrected chi connectivity index (χ2v) is 6.82. The number of aryl methyl sites for hydroxylation is 2. The van der Waals surface area contributed by atoms with E-state index in [1.165, 1.54) is 16.7 Å². The number of aromatic amines is 1. The quantitative estimate of drug-likeness (QED) is 0.726. The number of H-pyrrole nitrogens is 1. The molecular formula is C22H25N3O. The van der Waals surface area contributed by atoms with Gasteiger partial charge in [-0.05, 0) is 36.6 Å². The Kier molecular flexibility index (Phi) is 5.52. The molecule has 0 aliphatic rings. The van der Waals surface area contributed by atoms with E-state index in [1.54, 1.807) is 4.90 Å². The molecule has 26 heavy (non-hydrogen) atoms. The molecule has 0 spiro atoms. The van der Waals surface area contributed by atoms with Crippen molar-refractivity contribution in [3.63, 3.8) is 0 Å². The molecule has 0 saturated heterocycles. The van der Waals surface area contributed by atoms with Crippen LogP contribution in [0.1, 0.15) is 40.4 Å². The fourth-order valence-corrected chi connectivity index (χ4v) is 3.29. The highest BCUT2D eigenvalue weighted by molar-refractivity contribution is 5.77. The van der Waals surface area contributed by atoms with Crippen LogP contribution in [0.25, 0.3) is 0 Å². The summed E-state index contributed by atoms with van der Waals surface area (Å²) in [5.74, 6) is 0.163. The van der Waals surface area contributed by atoms with E-state index in [9.17, 15) is 4.79 Å². The lowest BCUT2D eigenvalue weighted by Crippen LogP contribution is -2.28. The average molecular weight is 347 g/mol. The van der Waals surface area contributed by atoms with E-state index in [4.69, 9.17) is 0 Å². The van der Waals surface area contributed by atoms with Crippen LogP contribution in [0.3, 0.4) is 0 Å². The summed E-state index contributed by atoms with van der Waals surface area (Å²) < 4.78 is 0. The molecule has 4 heteroatoms. The number of hydrogen-bond donors (Lipinski definition) is 1. The van der Waals surface area contributed by atoms with Gasteiger partial charge in [0.15, 0.2) is 0 Å². The molecule has 0 radical (unpaired) electrons. The van der Waals surface area contributed by atoms with E-state index in [2.05, 4.69) is 41.4 Å². The predicted molar refractivity (Wildman–Crippen MR) is 104 cm³/mol. The molecule has 1 atom stereocenters. The van der Waals surface area contributed by atoms with Crippen molar-refractivity contribution in [2.45, 2.75) is 32.7 Å². The first-order chi connectivity index (χ1) is 12.5. The molecule has 0 fully saturated rings. The number of amides is 1. The highest BCUT2D eigenvalue weighted by atomic mass is 16.2. The van der Waals surface area contributed by atoms with Crippen LogP contribution in [0, 0.1) is 13.8 Å². The van der Waals surface area contributed by atoms with Crippen LogP contribution in [0.5, 0.6) is 0 Å². The van der Waals surface area contributed by atoms with Gasteiger partial charge in [-0.15, -0.1) is 0 Å². The van der Waals surface area contributed by atoms with Gasteiger partial charge in [-0.3, -0.25) is 9.89 Å². The summed E-state index contributed by atoms with van der Waals surface area (Å²) in [7, 11) is 1.84. The van der Waals surface area contributed by atoms with E-state index in [0.717, 1.165) is 11.4 Å². The summed E-state index contributed by atoms with van der Waals surface area (Å²) in [5.41, 5.74) is 5.46. The van der Waals surface area contributed by atoms with Crippen LogP contribution in [0.4, 0.5) is 0 Å². The molecule has 0 saturated carbocycles. The Morgan fingerprint density at radius 2 is 1.77 bits per heavy atom. The molecule has 4 nitrogen and oxygen atoms in total. The zero-order valence-electron chi connectivity index (χ0n) is 15.6. The summed E-state index contributed by atoms with van der Waals surface area (Å²) in [4.78, 5) is 14.7. The number of hydrogen-bond acceptors (Lipinski definition) is 2. The fraction of sp³-hybridized carbons (Fsp3) is 0.273. The summed E-state index contributed by atoms with van der Waals surface area (Å²) in [6.07, 6.45) is 0.439. The van der Waals surface area contributed by atoms with Crippen molar-refractivity contribution < 1.29 is 4.79 Å². The van der Waals surface area contributed by atoms with Crippen molar-refractivity contribution in [2.75, 3.05) is 7.05 Å². The van der Waals surface area contributed by atoms with E-state index in [-0.39, 0.29) is 11.8 Å². The maximum Gasteiger partial charge on any atom is 0.223 e. The molecule has 1 N–H and O–H groups in total. The first kappa shape index (κ1) is 17.9. The maximum atomic E-state index is 12.9. The topological polar surface area (TPSA) is 49.0 Å². The standard InChI is InChI=1S/C22H25N3O/c1-16-9-7-8-12-20(16)21(18-10-5-4-6-11-18)14-22(26)25(3)15-19-13-17(2)23-24-19/h4-13,21H,14-15H2,1-3H3,(H,23,24). The third-order valence-electron chi connectivity index (χ3n) is 4.73. The molecule has 0 bridgehead atoms. The second kappa shape index (κ2) is 8.00. The van der Waals surface area contributed by atoms with Crippen LogP contribution in [0.2, 0.25) is 0 Å². The van der Waals surface area contributed by atoms with Gasteiger partial charge in [0.1, 0.15) is 0 Å². The van der Waals surface area contributed by atoms with Crippen molar-refractivity contribution in [3.8, 4) is 0 Å². The Morgan fingerprint density at radius 1 is 1.08 bits per heavy atom. The van der Waals surface area contributed by atoms with Gasteiger partial charge in [-0.2, -0.15) is 5.10 Å². The summed E-state index contributed by atoms with van der Waals surface area (Å²) in [5, 5.41) is 7.15. The predicted octanol–water partition coefficient (Wildman–Crippen LogP) is 4.21. The number of carbonyl (C=O) groups excluding carboxylic acids is 1. The van der Waals surface area contributed by atoms with Crippen molar-refractivity contribution >= 4 is 5.91 Å². The first-order valence-corrected chi connectivity index (χ1v) is 8.90. The van der Waals surface area contributed by atoms with Crippen molar-refractivity contribution in [2.24, 2.45) is 0 Å². The van der Waals surface area contributed by atoms with Crippen LogP contribution in [-0.4, -0.2) is 28.1 Å². The smallest absolute Gasteiger partial charge is 0.223 e. The second-order valence-electron chi connectivity index (χ2n) is 6.82. The van der Waals surface area contributed by atoms with E-state index in [0.29, 0.717) is 13.0 Å². The highest BCUT2D eigenvalue weighted by Gasteiger charge is 2.22. The van der Waals surface area contributed by atoms with Crippen LogP contribution >= 0.6 is 0 Å². The summed E-state index contributed by atoms with van der Waals surface area (Å²) >= 11 is 0. The Balaban J connectivity index is 1.81. The molecule has 1 amide bonds. The molecule has 3 rings (SSSR count).